The molecular weight excluding hydrogens is 342 g/mol. The standard InChI is InChI=1S/C19H17N7O/c1-11(2)26-14-6-4-3-5-13(14)24-10-21-15(18(24)19(26)27)16-17(12-7-8-12)25(9-20)23-22-16/h3-6,10-12H,7-8H2,1-2H3. The zero-order valence-electron chi connectivity index (χ0n) is 15.0. The van der Waals surface area contributed by atoms with Crippen molar-refractivity contribution in [1.29, 1.82) is 5.26 Å². The summed E-state index contributed by atoms with van der Waals surface area (Å²) in [7, 11) is 0. The number of nitriles is 1. The minimum absolute atomic E-state index is 0.00663. The van der Waals surface area contributed by atoms with Crippen LogP contribution in [0.5, 0.6) is 0 Å². The second-order valence-corrected chi connectivity index (χ2v) is 7.18. The second kappa shape index (κ2) is 5.51. The van der Waals surface area contributed by atoms with E-state index in [0.29, 0.717) is 16.9 Å². The molecule has 27 heavy (non-hydrogen) atoms. The largest absolute Gasteiger partial charge is 0.302 e. The van der Waals surface area contributed by atoms with Crippen LogP contribution in [0.15, 0.2) is 35.4 Å². The Bertz CT molecular complexity index is 1300. The number of para-hydroxylation sites is 2. The van der Waals surface area contributed by atoms with Gasteiger partial charge in [-0.05, 0) is 38.8 Å². The Balaban J connectivity index is 1.91. The van der Waals surface area contributed by atoms with E-state index in [-0.39, 0.29) is 17.5 Å². The number of benzene rings is 1. The summed E-state index contributed by atoms with van der Waals surface area (Å²) in [5.41, 5.74) is 3.88. The smallest absolute Gasteiger partial charge is 0.277 e. The monoisotopic (exact) mass is 359 g/mol. The van der Waals surface area contributed by atoms with Crippen molar-refractivity contribution in [2.45, 2.75) is 38.6 Å². The number of rotatable bonds is 3. The van der Waals surface area contributed by atoms with Crippen molar-refractivity contribution in [3.05, 3.63) is 46.6 Å². The van der Waals surface area contributed by atoms with E-state index < -0.39 is 0 Å². The minimum atomic E-state index is -0.121. The quantitative estimate of drug-likeness (QED) is 0.560. The van der Waals surface area contributed by atoms with Crippen molar-refractivity contribution in [2.75, 3.05) is 0 Å². The van der Waals surface area contributed by atoms with Gasteiger partial charge in [0.25, 0.3) is 5.56 Å². The molecule has 1 aromatic carbocycles. The van der Waals surface area contributed by atoms with Gasteiger partial charge >= 0.3 is 0 Å². The van der Waals surface area contributed by atoms with Crippen molar-refractivity contribution in [1.82, 2.24) is 28.9 Å². The van der Waals surface area contributed by atoms with Crippen LogP contribution in [-0.2, 0) is 0 Å². The topological polar surface area (TPSA) is 93.8 Å². The molecule has 0 amide bonds. The first-order chi connectivity index (χ1) is 13.1. The second-order valence-electron chi connectivity index (χ2n) is 7.18. The van der Waals surface area contributed by atoms with E-state index in [0.717, 1.165) is 29.6 Å². The minimum Gasteiger partial charge on any atom is -0.302 e. The summed E-state index contributed by atoms with van der Waals surface area (Å²) < 4.78 is 4.84. The number of aromatic nitrogens is 6. The Morgan fingerprint density at radius 1 is 1.19 bits per heavy atom. The van der Waals surface area contributed by atoms with E-state index in [1.165, 1.54) is 4.68 Å². The van der Waals surface area contributed by atoms with Crippen LogP contribution in [0.2, 0.25) is 0 Å². The van der Waals surface area contributed by atoms with E-state index in [1.807, 2.05) is 48.7 Å². The molecule has 8 heteroatoms. The molecule has 8 nitrogen and oxygen atoms in total. The third kappa shape index (κ3) is 2.15. The number of hydrogen-bond donors (Lipinski definition) is 0. The molecule has 0 atom stereocenters. The molecule has 4 aromatic rings. The number of hydrogen-bond acceptors (Lipinski definition) is 5. The Labute approximate surface area is 154 Å². The maximum Gasteiger partial charge on any atom is 0.277 e. The first kappa shape index (κ1) is 15.8. The van der Waals surface area contributed by atoms with Crippen LogP contribution in [0.4, 0.5) is 0 Å². The summed E-state index contributed by atoms with van der Waals surface area (Å²) in [6.07, 6.45) is 5.69. The molecule has 3 heterocycles. The number of nitrogens with zero attached hydrogens (tertiary/aromatic N) is 7. The predicted molar refractivity (Wildman–Crippen MR) is 99.3 cm³/mol. The average Bonchev–Trinajstić information content (AvgIpc) is 3.25. The third-order valence-electron chi connectivity index (χ3n) is 5.09. The van der Waals surface area contributed by atoms with E-state index >= 15 is 0 Å². The molecule has 3 aromatic heterocycles. The highest BCUT2D eigenvalue weighted by Gasteiger charge is 2.34. The van der Waals surface area contributed by atoms with Gasteiger partial charge in [0.05, 0.1) is 16.7 Å². The zero-order chi connectivity index (χ0) is 18.7. The van der Waals surface area contributed by atoms with Gasteiger partial charge in [0.1, 0.15) is 23.2 Å². The van der Waals surface area contributed by atoms with Gasteiger partial charge in [0.15, 0.2) is 0 Å². The molecule has 0 N–H and O–H groups in total. The lowest BCUT2D eigenvalue weighted by atomic mass is 10.1. The third-order valence-corrected chi connectivity index (χ3v) is 5.09. The molecule has 0 aliphatic heterocycles. The molecule has 0 spiro atoms. The first-order valence-corrected chi connectivity index (χ1v) is 8.98. The van der Waals surface area contributed by atoms with E-state index in [4.69, 9.17) is 0 Å². The molecule has 0 saturated heterocycles. The van der Waals surface area contributed by atoms with E-state index in [2.05, 4.69) is 15.3 Å². The highest BCUT2D eigenvalue weighted by Crippen LogP contribution is 2.43. The van der Waals surface area contributed by atoms with E-state index in [1.54, 1.807) is 10.9 Å². The summed E-state index contributed by atoms with van der Waals surface area (Å²) in [5.74, 6) is 0.249. The van der Waals surface area contributed by atoms with Gasteiger partial charge in [-0.3, -0.25) is 9.20 Å². The summed E-state index contributed by atoms with van der Waals surface area (Å²) in [4.78, 5) is 17.9. The van der Waals surface area contributed by atoms with Crippen molar-refractivity contribution in [2.24, 2.45) is 0 Å². The Morgan fingerprint density at radius 3 is 2.59 bits per heavy atom. The number of fused-ring (bicyclic) bond motifs is 3. The molecular formula is C19H17N7O. The molecule has 0 radical (unpaired) electrons. The van der Waals surface area contributed by atoms with Gasteiger partial charge in [-0.15, -0.1) is 9.78 Å². The predicted octanol–water partition coefficient (Wildman–Crippen LogP) is 2.70. The Hall–Kier alpha value is -3.47. The van der Waals surface area contributed by atoms with Crippen LogP contribution in [0.3, 0.4) is 0 Å². The van der Waals surface area contributed by atoms with Crippen molar-refractivity contribution in [3.8, 4) is 17.6 Å². The highest BCUT2D eigenvalue weighted by atomic mass is 16.1. The first-order valence-electron chi connectivity index (χ1n) is 8.98. The van der Waals surface area contributed by atoms with Gasteiger partial charge in [0, 0.05) is 12.0 Å². The van der Waals surface area contributed by atoms with Crippen LogP contribution >= 0.6 is 0 Å². The fourth-order valence-electron chi connectivity index (χ4n) is 3.77. The zero-order valence-corrected chi connectivity index (χ0v) is 15.0. The molecule has 0 unspecified atom stereocenters. The lowest BCUT2D eigenvalue weighted by molar-refractivity contribution is 0.601. The Kier molecular flexibility index (Phi) is 3.22. The average molecular weight is 359 g/mol. The molecule has 0 bridgehead atoms. The summed E-state index contributed by atoms with van der Waals surface area (Å²) in [6, 6.07) is 7.77. The molecule has 1 aliphatic carbocycles. The summed E-state index contributed by atoms with van der Waals surface area (Å²) in [5, 5.41) is 17.5. The van der Waals surface area contributed by atoms with Crippen molar-refractivity contribution < 1.29 is 0 Å². The van der Waals surface area contributed by atoms with Crippen LogP contribution in [0, 0.1) is 11.5 Å². The molecule has 134 valence electrons. The maximum atomic E-state index is 13.4. The van der Waals surface area contributed by atoms with E-state index in [9.17, 15) is 10.1 Å². The fourth-order valence-corrected chi connectivity index (χ4v) is 3.77. The lowest BCUT2D eigenvalue weighted by Gasteiger charge is -2.15. The molecule has 1 aliphatic rings. The highest BCUT2D eigenvalue weighted by molar-refractivity contribution is 5.85. The van der Waals surface area contributed by atoms with Crippen LogP contribution in [-0.4, -0.2) is 28.9 Å². The summed E-state index contributed by atoms with van der Waals surface area (Å²) in [6.45, 7) is 3.98. The summed E-state index contributed by atoms with van der Waals surface area (Å²) >= 11 is 0. The van der Waals surface area contributed by atoms with Gasteiger partial charge in [0.2, 0.25) is 6.19 Å². The van der Waals surface area contributed by atoms with Gasteiger partial charge in [-0.25, -0.2) is 4.98 Å². The normalized spacial score (nSPS) is 14.3. The maximum absolute atomic E-state index is 13.4. The number of imidazole rings is 1. The molecule has 1 fully saturated rings. The van der Waals surface area contributed by atoms with Crippen LogP contribution in [0.25, 0.3) is 27.9 Å². The van der Waals surface area contributed by atoms with Crippen molar-refractivity contribution >= 4 is 16.6 Å². The fraction of sp³-hybridized carbons (Fsp3) is 0.316. The van der Waals surface area contributed by atoms with Crippen molar-refractivity contribution in [3.63, 3.8) is 0 Å². The molecule has 1 saturated carbocycles. The van der Waals surface area contributed by atoms with Gasteiger partial charge < -0.3 is 4.57 Å². The SMILES string of the molecule is CC(C)n1c(=O)c2c(-c3nnn(C#N)c3C3CC3)ncn2c2ccccc21. The van der Waals surface area contributed by atoms with Crippen LogP contribution < -0.4 is 5.56 Å². The van der Waals surface area contributed by atoms with Gasteiger partial charge in [-0.1, -0.05) is 17.3 Å². The van der Waals surface area contributed by atoms with Crippen LogP contribution in [0.1, 0.15) is 44.3 Å². The Morgan fingerprint density at radius 2 is 1.93 bits per heavy atom. The molecule has 5 rings (SSSR count). The lowest BCUT2D eigenvalue weighted by Crippen LogP contribution is -2.24. The van der Waals surface area contributed by atoms with Gasteiger partial charge in [-0.2, -0.15) is 5.26 Å².